The molecular formula is C16H17N3O2. The summed E-state index contributed by atoms with van der Waals surface area (Å²) in [6.07, 6.45) is 2.53. The summed E-state index contributed by atoms with van der Waals surface area (Å²) in [6, 6.07) is 11.2. The van der Waals surface area contributed by atoms with E-state index in [0.29, 0.717) is 13.1 Å². The fourth-order valence-electron chi connectivity index (χ4n) is 2.52. The predicted molar refractivity (Wildman–Crippen MR) is 82.6 cm³/mol. The van der Waals surface area contributed by atoms with Crippen LogP contribution < -0.4 is 11.2 Å². The van der Waals surface area contributed by atoms with Crippen LogP contribution in [0.3, 0.4) is 0 Å². The lowest BCUT2D eigenvalue weighted by molar-refractivity contribution is 0.552. The van der Waals surface area contributed by atoms with E-state index >= 15 is 0 Å². The van der Waals surface area contributed by atoms with Crippen LogP contribution in [-0.4, -0.2) is 14.1 Å². The van der Waals surface area contributed by atoms with E-state index in [1.807, 2.05) is 37.3 Å². The molecule has 5 nitrogen and oxygen atoms in total. The first-order valence-corrected chi connectivity index (χ1v) is 7.00. The quantitative estimate of drug-likeness (QED) is 0.795. The van der Waals surface area contributed by atoms with E-state index in [-0.39, 0.29) is 11.2 Å². The molecule has 0 radical (unpaired) electrons. The predicted octanol–water partition coefficient (Wildman–Crippen LogP) is 1.89. The maximum Gasteiger partial charge on any atom is 0.326 e. The number of imidazole rings is 1. The summed E-state index contributed by atoms with van der Waals surface area (Å²) < 4.78 is 3.39. The van der Waals surface area contributed by atoms with Gasteiger partial charge in [-0.2, -0.15) is 0 Å². The molecule has 1 aromatic carbocycles. The molecule has 0 spiro atoms. The van der Waals surface area contributed by atoms with Crippen LogP contribution in [0.25, 0.3) is 11.0 Å². The average molecular weight is 283 g/mol. The van der Waals surface area contributed by atoms with E-state index < -0.39 is 0 Å². The van der Waals surface area contributed by atoms with Gasteiger partial charge in [0.25, 0.3) is 5.56 Å². The summed E-state index contributed by atoms with van der Waals surface area (Å²) in [5.74, 6) is 0. The largest absolute Gasteiger partial charge is 0.326 e. The van der Waals surface area contributed by atoms with Crippen molar-refractivity contribution in [3.63, 3.8) is 0 Å². The number of pyridine rings is 1. The van der Waals surface area contributed by atoms with Crippen LogP contribution >= 0.6 is 0 Å². The molecule has 0 saturated heterocycles. The van der Waals surface area contributed by atoms with Gasteiger partial charge in [-0.1, -0.05) is 12.1 Å². The third-order valence-electron chi connectivity index (χ3n) is 3.61. The molecule has 0 aliphatic heterocycles. The molecular weight excluding hydrogens is 266 g/mol. The van der Waals surface area contributed by atoms with E-state index in [1.54, 1.807) is 21.4 Å². The second-order valence-corrected chi connectivity index (χ2v) is 5.19. The number of hydrogen-bond acceptors (Lipinski definition) is 2. The Morgan fingerprint density at radius 3 is 2.71 bits per heavy atom. The molecule has 0 bridgehead atoms. The van der Waals surface area contributed by atoms with Gasteiger partial charge < -0.3 is 9.55 Å². The number of rotatable bonds is 4. The van der Waals surface area contributed by atoms with Crippen LogP contribution in [0.1, 0.15) is 12.0 Å². The molecule has 0 aliphatic carbocycles. The number of nitrogens with zero attached hydrogens (tertiary/aromatic N) is 2. The van der Waals surface area contributed by atoms with E-state index in [4.69, 9.17) is 0 Å². The monoisotopic (exact) mass is 283 g/mol. The first-order valence-electron chi connectivity index (χ1n) is 7.00. The highest BCUT2D eigenvalue weighted by molar-refractivity contribution is 5.74. The second kappa shape index (κ2) is 5.44. The number of hydrogen-bond donors (Lipinski definition) is 1. The number of fused-ring (bicyclic) bond motifs is 1. The maximum atomic E-state index is 11.9. The molecule has 21 heavy (non-hydrogen) atoms. The Morgan fingerprint density at radius 1 is 1.10 bits per heavy atom. The fourth-order valence-corrected chi connectivity index (χ4v) is 2.52. The maximum absolute atomic E-state index is 11.9. The number of nitrogens with one attached hydrogen (secondary N) is 1. The summed E-state index contributed by atoms with van der Waals surface area (Å²) in [6.45, 7) is 3.09. The van der Waals surface area contributed by atoms with Crippen LogP contribution in [0.15, 0.2) is 52.2 Å². The summed E-state index contributed by atoms with van der Waals surface area (Å²) in [5, 5.41) is 0. The zero-order valence-electron chi connectivity index (χ0n) is 11.9. The third kappa shape index (κ3) is 2.67. The number of H-pyrrole nitrogens is 1. The zero-order chi connectivity index (χ0) is 14.8. The Kier molecular flexibility index (Phi) is 3.48. The highest BCUT2D eigenvalue weighted by Crippen LogP contribution is 2.09. The summed E-state index contributed by atoms with van der Waals surface area (Å²) in [7, 11) is 0. The average Bonchev–Trinajstić information content (AvgIpc) is 2.77. The van der Waals surface area contributed by atoms with E-state index in [2.05, 4.69) is 4.98 Å². The van der Waals surface area contributed by atoms with Crippen molar-refractivity contribution in [1.82, 2.24) is 14.1 Å². The minimum atomic E-state index is -0.104. The SMILES string of the molecule is Cc1ccn(CCCn2c(=O)[nH]c3ccccc32)c(=O)c1. The number of benzene rings is 1. The lowest BCUT2D eigenvalue weighted by atomic mass is 10.3. The molecule has 3 rings (SSSR count). The number of aromatic nitrogens is 3. The lowest BCUT2D eigenvalue weighted by Gasteiger charge is -2.07. The second-order valence-electron chi connectivity index (χ2n) is 5.19. The van der Waals surface area contributed by atoms with Crippen LogP contribution in [0, 0.1) is 6.92 Å². The summed E-state index contributed by atoms with van der Waals surface area (Å²) in [4.78, 5) is 26.6. The molecule has 0 atom stereocenters. The zero-order valence-corrected chi connectivity index (χ0v) is 11.9. The van der Waals surface area contributed by atoms with Gasteiger partial charge in [-0.25, -0.2) is 4.79 Å². The van der Waals surface area contributed by atoms with Crippen molar-refractivity contribution in [2.24, 2.45) is 0 Å². The lowest BCUT2D eigenvalue weighted by Crippen LogP contribution is -2.22. The smallest absolute Gasteiger partial charge is 0.315 e. The van der Waals surface area contributed by atoms with Gasteiger partial charge in [-0.05, 0) is 37.1 Å². The van der Waals surface area contributed by atoms with Crippen LogP contribution in [0.2, 0.25) is 0 Å². The van der Waals surface area contributed by atoms with Gasteiger partial charge >= 0.3 is 5.69 Å². The van der Waals surface area contributed by atoms with Gasteiger partial charge in [0, 0.05) is 25.4 Å². The Hall–Kier alpha value is -2.56. The first kappa shape index (κ1) is 13.4. The Morgan fingerprint density at radius 2 is 1.90 bits per heavy atom. The normalized spacial score (nSPS) is 11.1. The van der Waals surface area contributed by atoms with Crippen LogP contribution in [0.4, 0.5) is 0 Å². The molecule has 0 amide bonds. The van der Waals surface area contributed by atoms with Crippen molar-refractivity contribution in [3.8, 4) is 0 Å². The fraction of sp³-hybridized carbons (Fsp3) is 0.250. The summed E-state index contributed by atoms with van der Waals surface area (Å²) >= 11 is 0. The molecule has 0 saturated carbocycles. The molecule has 5 heteroatoms. The van der Waals surface area contributed by atoms with Crippen LogP contribution in [-0.2, 0) is 13.1 Å². The number of para-hydroxylation sites is 2. The molecule has 3 aromatic rings. The van der Waals surface area contributed by atoms with Crippen molar-refractivity contribution in [1.29, 1.82) is 0 Å². The highest BCUT2D eigenvalue weighted by atomic mass is 16.1. The van der Waals surface area contributed by atoms with Gasteiger partial charge in [-0.3, -0.25) is 9.36 Å². The molecule has 1 N–H and O–H groups in total. The van der Waals surface area contributed by atoms with Gasteiger partial charge in [0.05, 0.1) is 11.0 Å². The van der Waals surface area contributed by atoms with Gasteiger partial charge in [-0.15, -0.1) is 0 Å². The minimum Gasteiger partial charge on any atom is -0.315 e. The minimum absolute atomic E-state index is 0.00118. The van der Waals surface area contributed by atoms with Gasteiger partial charge in [0.1, 0.15) is 0 Å². The van der Waals surface area contributed by atoms with Gasteiger partial charge in [0.15, 0.2) is 0 Å². The van der Waals surface area contributed by atoms with Crippen LogP contribution in [0.5, 0.6) is 0 Å². The topological polar surface area (TPSA) is 59.8 Å². The Labute approximate surface area is 121 Å². The molecule has 108 valence electrons. The van der Waals surface area contributed by atoms with Gasteiger partial charge in [0.2, 0.25) is 0 Å². The number of aryl methyl sites for hydroxylation is 3. The van der Waals surface area contributed by atoms with Crippen molar-refractivity contribution >= 4 is 11.0 Å². The molecule has 0 fully saturated rings. The highest BCUT2D eigenvalue weighted by Gasteiger charge is 2.05. The Bertz CT molecular complexity index is 886. The van der Waals surface area contributed by atoms with Crippen molar-refractivity contribution < 1.29 is 0 Å². The van der Waals surface area contributed by atoms with E-state index in [1.165, 1.54) is 0 Å². The first-order chi connectivity index (χ1) is 10.1. The number of aromatic amines is 1. The van der Waals surface area contributed by atoms with Crippen molar-refractivity contribution in [2.45, 2.75) is 26.4 Å². The molecule has 0 aliphatic rings. The van der Waals surface area contributed by atoms with Crippen molar-refractivity contribution in [2.75, 3.05) is 0 Å². The Balaban J connectivity index is 1.77. The molecule has 2 aromatic heterocycles. The van der Waals surface area contributed by atoms with Crippen molar-refractivity contribution in [3.05, 3.63) is 69.0 Å². The van der Waals surface area contributed by atoms with E-state index in [0.717, 1.165) is 23.0 Å². The standard InChI is InChI=1S/C16H17N3O2/c1-12-7-10-18(15(20)11-12)8-4-9-19-14-6-3-2-5-13(14)17-16(19)21/h2-3,5-7,10-11H,4,8-9H2,1H3,(H,17,21). The van der Waals surface area contributed by atoms with E-state index in [9.17, 15) is 9.59 Å². The molecule has 0 unspecified atom stereocenters. The third-order valence-corrected chi connectivity index (χ3v) is 3.61. The molecule has 2 heterocycles. The summed E-state index contributed by atoms with van der Waals surface area (Å²) in [5.41, 5.74) is 2.60.